The molecule has 3 heteroatoms. The second-order valence-corrected chi connectivity index (χ2v) is 3.85. The van der Waals surface area contributed by atoms with Crippen molar-refractivity contribution >= 4 is 21.8 Å². The number of nitrogens with one attached hydrogen (secondary N) is 1. The molecule has 0 bridgehead atoms. The predicted octanol–water partition coefficient (Wildman–Crippen LogP) is 2.38. The van der Waals surface area contributed by atoms with E-state index in [2.05, 4.69) is 9.97 Å². The summed E-state index contributed by atoms with van der Waals surface area (Å²) >= 11 is 0. The van der Waals surface area contributed by atoms with Crippen LogP contribution in [-0.2, 0) is 0 Å². The maximum atomic E-state index is 11.7. The number of hydrogen-bond acceptors (Lipinski definition) is 2. The Balaban J connectivity index is 2.63. The minimum absolute atomic E-state index is 0.0268. The van der Waals surface area contributed by atoms with Gasteiger partial charge in [0, 0.05) is 28.7 Å². The van der Waals surface area contributed by atoms with E-state index in [1.165, 1.54) is 6.07 Å². The van der Waals surface area contributed by atoms with Crippen LogP contribution in [0.15, 0.2) is 41.3 Å². The maximum absolute atomic E-state index is 11.7. The van der Waals surface area contributed by atoms with Gasteiger partial charge in [0.1, 0.15) is 0 Å². The first-order valence-corrected chi connectivity index (χ1v) is 5.13. The lowest BCUT2D eigenvalue weighted by Crippen LogP contribution is -2.00. The maximum Gasteiger partial charge on any atom is 0.189 e. The van der Waals surface area contributed by atoms with Gasteiger partial charge >= 0.3 is 0 Å². The van der Waals surface area contributed by atoms with Crippen molar-refractivity contribution in [2.24, 2.45) is 0 Å². The molecule has 0 radical (unpaired) electrons. The van der Waals surface area contributed by atoms with Crippen LogP contribution in [0.4, 0.5) is 0 Å². The number of pyridine rings is 2. The molecule has 16 heavy (non-hydrogen) atoms. The Kier molecular flexibility index (Phi) is 1.80. The lowest BCUT2D eigenvalue weighted by atomic mass is 10.1. The van der Waals surface area contributed by atoms with Crippen molar-refractivity contribution in [1.29, 1.82) is 0 Å². The number of benzene rings is 1. The summed E-state index contributed by atoms with van der Waals surface area (Å²) in [5.74, 6) is 0. The number of aryl methyl sites for hydroxylation is 1. The molecular weight excluding hydrogens is 200 g/mol. The SMILES string of the molecule is Cc1ccc2ccc3c(=O)cc[nH]c3c2n1. The zero-order valence-electron chi connectivity index (χ0n) is 8.82. The van der Waals surface area contributed by atoms with Gasteiger partial charge in [-0.05, 0) is 19.1 Å². The van der Waals surface area contributed by atoms with Crippen molar-refractivity contribution in [2.75, 3.05) is 0 Å². The van der Waals surface area contributed by atoms with Gasteiger partial charge in [0.15, 0.2) is 5.43 Å². The van der Waals surface area contributed by atoms with Crippen LogP contribution in [0.5, 0.6) is 0 Å². The fourth-order valence-electron chi connectivity index (χ4n) is 1.93. The van der Waals surface area contributed by atoms with Gasteiger partial charge in [0.2, 0.25) is 0 Å². The van der Waals surface area contributed by atoms with E-state index in [0.717, 1.165) is 22.1 Å². The van der Waals surface area contributed by atoms with Crippen LogP contribution in [0.1, 0.15) is 5.69 Å². The summed E-state index contributed by atoms with van der Waals surface area (Å²) in [6.07, 6.45) is 1.66. The number of fused-ring (bicyclic) bond motifs is 3. The summed E-state index contributed by atoms with van der Waals surface area (Å²) in [4.78, 5) is 19.2. The molecule has 1 N–H and O–H groups in total. The van der Waals surface area contributed by atoms with E-state index in [4.69, 9.17) is 0 Å². The van der Waals surface area contributed by atoms with Gasteiger partial charge in [-0.1, -0.05) is 12.1 Å². The van der Waals surface area contributed by atoms with E-state index in [1.807, 2.05) is 31.2 Å². The van der Waals surface area contributed by atoms with E-state index >= 15 is 0 Å². The van der Waals surface area contributed by atoms with Gasteiger partial charge < -0.3 is 4.98 Å². The molecule has 2 aromatic heterocycles. The lowest BCUT2D eigenvalue weighted by Gasteiger charge is -2.03. The van der Waals surface area contributed by atoms with Crippen molar-refractivity contribution in [3.8, 4) is 0 Å². The van der Waals surface area contributed by atoms with Crippen LogP contribution in [0.3, 0.4) is 0 Å². The zero-order valence-corrected chi connectivity index (χ0v) is 8.82. The monoisotopic (exact) mass is 210 g/mol. The Morgan fingerprint density at radius 2 is 1.94 bits per heavy atom. The number of hydrogen-bond donors (Lipinski definition) is 1. The summed E-state index contributed by atoms with van der Waals surface area (Å²) in [6.45, 7) is 1.94. The van der Waals surface area contributed by atoms with E-state index in [9.17, 15) is 4.79 Å². The summed E-state index contributed by atoms with van der Waals surface area (Å²) in [7, 11) is 0. The molecule has 0 aliphatic carbocycles. The first-order valence-electron chi connectivity index (χ1n) is 5.13. The largest absolute Gasteiger partial charge is 0.359 e. The van der Waals surface area contributed by atoms with Crippen LogP contribution < -0.4 is 5.43 Å². The van der Waals surface area contributed by atoms with Gasteiger partial charge in [-0.3, -0.25) is 9.78 Å². The van der Waals surface area contributed by atoms with Gasteiger partial charge in [-0.25, -0.2) is 0 Å². The number of H-pyrrole nitrogens is 1. The third-order valence-corrected chi connectivity index (χ3v) is 2.73. The van der Waals surface area contributed by atoms with Gasteiger partial charge in [0.25, 0.3) is 0 Å². The standard InChI is InChI=1S/C13H10N2O/c1-8-2-3-9-4-5-10-11(16)6-7-14-13(10)12(9)15-8/h2-7H,1H3,(H,14,16). The Hall–Kier alpha value is -2.16. The molecule has 0 spiro atoms. The molecule has 3 rings (SSSR count). The van der Waals surface area contributed by atoms with E-state index < -0.39 is 0 Å². The second kappa shape index (κ2) is 3.17. The predicted molar refractivity (Wildman–Crippen MR) is 64.6 cm³/mol. The first-order chi connectivity index (χ1) is 7.75. The smallest absolute Gasteiger partial charge is 0.189 e. The number of aromatic amines is 1. The molecule has 0 atom stereocenters. The second-order valence-electron chi connectivity index (χ2n) is 3.85. The van der Waals surface area contributed by atoms with Crippen molar-refractivity contribution in [1.82, 2.24) is 9.97 Å². The average Bonchev–Trinajstić information content (AvgIpc) is 2.29. The summed E-state index contributed by atoms with van der Waals surface area (Å²) in [5.41, 5.74) is 2.65. The lowest BCUT2D eigenvalue weighted by molar-refractivity contribution is 1.25. The highest BCUT2D eigenvalue weighted by atomic mass is 16.1. The van der Waals surface area contributed by atoms with Crippen molar-refractivity contribution < 1.29 is 0 Å². The number of aromatic nitrogens is 2. The minimum atomic E-state index is 0.0268. The molecule has 0 saturated heterocycles. The van der Waals surface area contributed by atoms with E-state index in [0.29, 0.717) is 5.39 Å². The van der Waals surface area contributed by atoms with Gasteiger partial charge in [-0.2, -0.15) is 0 Å². The van der Waals surface area contributed by atoms with Gasteiger partial charge in [-0.15, -0.1) is 0 Å². The van der Waals surface area contributed by atoms with Crippen LogP contribution in [0, 0.1) is 6.92 Å². The fourth-order valence-corrected chi connectivity index (χ4v) is 1.93. The first kappa shape index (κ1) is 9.09. The highest BCUT2D eigenvalue weighted by molar-refractivity contribution is 6.02. The normalized spacial score (nSPS) is 11.1. The topological polar surface area (TPSA) is 45.8 Å². The fraction of sp³-hybridized carbons (Fsp3) is 0.0769. The summed E-state index contributed by atoms with van der Waals surface area (Å²) in [6, 6.07) is 9.29. The molecule has 1 aromatic carbocycles. The average molecular weight is 210 g/mol. The van der Waals surface area contributed by atoms with Crippen LogP contribution in [0.2, 0.25) is 0 Å². The highest BCUT2D eigenvalue weighted by Gasteiger charge is 2.04. The molecule has 0 aliphatic rings. The van der Waals surface area contributed by atoms with Crippen LogP contribution >= 0.6 is 0 Å². The molecule has 0 aliphatic heterocycles. The Labute approximate surface area is 91.8 Å². The summed E-state index contributed by atoms with van der Waals surface area (Å²) < 4.78 is 0. The molecule has 78 valence electrons. The molecule has 0 fully saturated rings. The summed E-state index contributed by atoms with van der Waals surface area (Å²) in [5, 5.41) is 1.73. The third kappa shape index (κ3) is 1.21. The zero-order chi connectivity index (χ0) is 11.1. The number of nitrogens with zero attached hydrogens (tertiary/aromatic N) is 1. The van der Waals surface area contributed by atoms with E-state index in [1.54, 1.807) is 6.20 Å². The molecule has 3 nitrogen and oxygen atoms in total. The van der Waals surface area contributed by atoms with Crippen LogP contribution in [-0.4, -0.2) is 9.97 Å². The third-order valence-electron chi connectivity index (χ3n) is 2.73. The molecule has 0 unspecified atom stereocenters. The Bertz CT molecular complexity index is 744. The minimum Gasteiger partial charge on any atom is -0.359 e. The molecular formula is C13H10N2O. The molecule has 2 heterocycles. The molecule has 0 saturated carbocycles. The Morgan fingerprint density at radius 3 is 2.81 bits per heavy atom. The van der Waals surface area contributed by atoms with Crippen LogP contribution in [0.25, 0.3) is 21.8 Å². The molecule has 3 aromatic rings. The Morgan fingerprint density at radius 1 is 1.12 bits per heavy atom. The quantitative estimate of drug-likeness (QED) is 0.579. The number of rotatable bonds is 0. The van der Waals surface area contributed by atoms with E-state index in [-0.39, 0.29) is 5.43 Å². The van der Waals surface area contributed by atoms with Gasteiger partial charge in [0.05, 0.1) is 11.0 Å². The molecule has 0 amide bonds. The van der Waals surface area contributed by atoms with Crippen molar-refractivity contribution in [3.63, 3.8) is 0 Å². The van der Waals surface area contributed by atoms with Crippen molar-refractivity contribution in [3.05, 3.63) is 52.4 Å². The highest BCUT2D eigenvalue weighted by Crippen LogP contribution is 2.19. The van der Waals surface area contributed by atoms with Crippen molar-refractivity contribution in [2.45, 2.75) is 6.92 Å².